The first-order chi connectivity index (χ1) is 8.63. The SMILES string of the molecule is CCCOCC(NC)c1cc(C)c(OC)cc1C. The Hall–Kier alpha value is -1.06. The van der Waals surface area contributed by atoms with E-state index in [1.54, 1.807) is 7.11 Å². The van der Waals surface area contributed by atoms with Crippen LogP contribution in [0.5, 0.6) is 5.75 Å². The first-order valence-electron chi connectivity index (χ1n) is 6.54. The average Bonchev–Trinajstić information content (AvgIpc) is 2.37. The number of hydrogen-bond acceptors (Lipinski definition) is 3. The molecule has 102 valence electrons. The molecule has 1 aromatic rings. The van der Waals surface area contributed by atoms with Gasteiger partial charge < -0.3 is 14.8 Å². The van der Waals surface area contributed by atoms with Crippen molar-refractivity contribution in [2.75, 3.05) is 27.4 Å². The fourth-order valence-corrected chi connectivity index (χ4v) is 2.08. The van der Waals surface area contributed by atoms with Crippen LogP contribution in [0.3, 0.4) is 0 Å². The van der Waals surface area contributed by atoms with Crippen molar-refractivity contribution in [2.24, 2.45) is 0 Å². The van der Waals surface area contributed by atoms with E-state index in [0.717, 1.165) is 24.3 Å². The third kappa shape index (κ3) is 3.72. The van der Waals surface area contributed by atoms with Gasteiger partial charge in [-0.1, -0.05) is 13.0 Å². The molecule has 1 rings (SSSR count). The van der Waals surface area contributed by atoms with Crippen LogP contribution >= 0.6 is 0 Å². The fourth-order valence-electron chi connectivity index (χ4n) is 2.08. The molecule has 0 radical (unpaired) electrons. The molecule has 0 heterocycles. The molecule has 0 saturated heterocycles. The number of hydrogen-bond donors (Lipinski definition) is 1. The number of aryl methyl sites for hydroxylation is 2. The lowest BCUT2D eigenvalue weighted by molar-refractivity contribution is 0.114. The summed E-state index contributed by atoms with van der Waals surface area (Å²) >= 11 is 0. The maximum atomic E-state index is 5.65. The highest BCUT2D eigenvalue weighted by molar-refractivity contribution is 5.42. The van der Waals surface area contributed by atoms with E-state index in [2.05, 4.69) is 38.2 Å². The Bertz CT molecular complexity index is 377. The third-order valence-electron chi connectivity index (χ3n) is 3.14. The lowest BCUT2D eigenvalue weighted by Crippen LogP contribution is -2.23. The molecule has 0 aromatic heterocycles. The van der Waals surface area contributed by atoms with Gasteiger partial charge in [0.1, 0.15) is 5.75 Å². The van der Waals surface area contributed by atoms with Gasteiger partial charge in [0.2, 0.25) is 0 Å². The van der Waals surface area contributed by atoms with Gasteiger partial charge >= 0.3 is 0 Å². The summed E-state index contributed by atoms with van der Waals surface area (Å²) in [6.45, 7) is 7.82. The minimum atomic E-state index is 0.237. The summed E-state index contributed by atoms with van der Waals surface area (Å²) in [5.41, 5.74) is 3.68. The van der Waals surface area contributed by atoms with Crippen LogP contribution in [0.2, 0.25) is 0 Å². The molecule has 1 unspecified atom stereocenters. The van der Waals surface area contributed by atoms with Crippen molar-refractivity contribution in [3.05, 3.63) is 28.8 Å². The molecule has 0 aliphatic carbocycles. The molecule has 0 aliphatic heterocycles. The van der Waals surface area contributed by atoms with Crippen molar-refractivity contribution < 1.29 is 9.47 Å². The first-order valence-corrected chi connectivity index (χ1v) is 6.54. The van der Waals surface area contributed by atoms with Gasteiger partial charge in [-0.05, 0) is 50.1 Å². The topological polar surface area (TPSA) is 30.5 Å². The summed E-state index contributed by atoms with van der Waals surface area (Å²) in [4.78, 5) is 0. The molecule has 3 nitrogen and oxygen atoms in total. The van der Waals surface area contributed by atoms with Gasteiger partial charge in [0.05, 0.1) is 19.8 Å². The molecule has 1 aromatic carbocycles. The molecule has 0 aliphatic rings. The van der Waals surface area contributed by atoms with Crippen LogP contribution in [0.15, 0.2) is 12.1 Å². The van der Waals surface area contributed by atoms with Crippen molar-refractivity contribution in [2.45, 2.75) is 33.2 Å². The second kappa shape index (κ2) is 7.39. The molecule has 0 fully saturated rings. The number of rotatable bonds is 7. The molecule has 0 bridgehead atoms. The fraction of sp³-hybridized carbons (Fsp3) is 0.600. The van der Waals surface area contributed by atoms with Crippen molar-refractivity contribution in [3.8, 4) is 5.75 Å². The summed E-state index contributed by atoms with van der Waals surface area (Å²) in [7, 11) is 3.68. The van der Waals surface area contributed by atoms with Crippen LogP contribution in [0.1, 0.15) is 36.1 Å². The van der Waals surface area contributed by atoms with E-state index in [4.69, 9.17) is 9.47 Å². The summed E-state index contributed by atoms with van der Waals surface area (Å²) < 4.78 is 11.0. The van der Waals surface area contributed by atoms with Crippen LogP contribution in [-0.2, 0) is 4.74 Å². The second-order valence-corrected chi connectivity index (χ2v) is 4.59. The summed E-state index contributed by atoms with van der Waals surface area (Å²) in [5.74, 6) is 0.945. The van der Waals surface area contributed by atoms with E-state index in [0.29, 0.717) is 6.61 Å². The smallest absolute Gasteiger partial charge is 0.122 e. The number of benzene rings is 1. The summed E-state index contributed by atoms with van der Waals surface area (Å²) in [6.07, 6.45) is 1.05. The van der Waals surface area contributed by atoms with Crippen molar-refractivity contribution in [1.82, 2.24) is 5.32 Å². The van der Waals surface area contributed by atoms with Gasteiger partial charge in [0, 0.05) is 6.61 Å². The van der Waals surface area contributed by atoms with Gasteiger partial charge in [-0.15, -0.1) is 0 Å². The molecular weight excluding hydrogens is 226 g/mol. The zero-order valence-electron chi connectivity index (χ0n) is 12.2. The molecule has 0 saturated carbocycles. The van der Waals surface area contributed by atoms with Crippen molar-refractivity contribution in [1.29, 1.82) is 0 Å². The Morgan fingerprint density at radius 1 is 1.22 bits per heavy atom. The normalized spacial score (nSPS) is 12.5. The first kappa shape index (κ1) is 15.0. The van der Waals surface area contributed by atoms with E-state index in [-0.39, 0.29) is 6.04 Å². The van der Waals surface area contributed by atoms with Gasteiger partial charge in [-0.25, -0.2) is 0 Å². The molecule has 1 N–H and O–H groups in total. The Labute approximate surface area is 110 Å². The molecule has 18 heavy (non-hydrogen) atoms. The number of likely N-dealkylation sites (N-methyl/N-ethyl adjacent to an activating group) is 1. The van der Waals surface area contributed by atoms with E-state index < -0.39 is 0 Å². The van der Waals surface area contributed by atoms with E-state index in [1.165, 1.54) is 11.1 Å². The largest absolute Gasteiger partial charge is 0.496 e. The van der Waals surface area contributed by atoms with Gasteiger partial charge in [0.25, 0.3) is 0 Å². The highest BCUT2D eigenvalue weighted by Gasteiger charge is 2.14. The van der Waals surface area contributed by atoms with Crippen LogP contribution in [0, 0.1) is 13.8 Å². The summed E-state index contributed by atoms with van der Waals surface area (Å²) in [6, 6.07) is 4.51. The van der Waals surface area contributed by atoms with Gasteiger partial charge in [-0.2, -0.15) is 0 Å². The monoisotopic (exact) mass is 251 g/mol. The van der Waals surface area contributed by atoms with Crippen LogP contribution < -0.4 is 10.1 Å². The third-order valence-corrected chi connectivity index (χ3v) is 3.14. The number of nitrogens with one attached hydrogen (secondary N) is 1. The Morgan fingerprint density at radius 2 is 1.94 bits per heavy atom. The van der Waals surface area contributed by atoms with E-state index in [1.807, 2.05) is 7.05 Å². The Morgan fingerprint density at radius 3 is 2.50 bits per heavy atom. The van der Waals surface area contributed by atoms with Crippen molar-refractivity contribution in [3.63, 3.8) is 0 Å². The van der Waals surface area contributed by atoms with Crippen LogP contribution in [-0.4, -0.2) is 27.4 Å². The van der Waals surface area contributed by atoms with E-state index in [9.17, 15) is 0 Å². The maximum absolute atomic E-state index is 5.65. The van der Waals surface area contributed by atoms with Crippen LogP contribution in [0.4, 0.5) is 0 Å². The predicted octanol–water partition coefficient (Wildman–Crippen LogP) is 3.00. The highest BCUT2D eigenvalue weighted by atomic mass is 16.5. The minimum absolute atomic E-state index is 0.237. The maximum Gasteiger partial charge on any atom is 0.122 e. The molecular formula is C15H25NO2. The predicted molar refractivity (Wildman–Crippen MR) is 75.4 cm³/mol. The molecule has 0 amide bonds. The summed E-state index contributed by atoms with van der Waals surface area (Å²) in [5, 5.41) is 3.32. The van der Waals surface area contributed by atoms with E-state index >= 15 is 0 Å². The average molecular weight is 251 g/mol. The Kier molecular flexibility index (Phi) is 6.16. The zero-order valence-corrected chi connectivity index (χ0v) is 12.2. The second-order valence-electron chi connectivity index (χ2n) is 4.59. The zero-order chi connectivity index (χ0) is 13.5. The lowest BCUT2D eigenvalue weighted by Gasteiger charge is -2.20. The number of methoxy groups -OCH3 is 1. The minimum Gasteiger partial charge on any atom is -0.496 e. The highest BCUT2D eigenvalue weighted by Crippen LogP contribution is 2.26. The Balaban J connectivity index is 2.88. The van der Waals surface area contributed by atoms with Crippen molar-refractivity contribution >= 4 is 0 Å². The standard InChI is InChI=1S/C15H25NO2/c1-6-7-18-10-14(16-4)13-8-12(3)15(17-5)9-11(13)2/h8-9,14,16H,6-7,10H2,1-5H3. The lowest BCUT2D eigenvalue weighted by atomic mass is 9.98. The molecule has 1 atom stereocenters. The van der Waals surface area contributed by atoms with Crippen LogP contribution in [0.25, 0.3) is 0 Å². The molecule has 0 spiro atoms. The molecule has 3 heteroatoms. The van der Waals surface area contributed by atoms with Gasteiger partial charge in [0.15, 0.2) is 0 Å². The quantitative estimate of drug-likeness (QED) is 0.756. The number of ether oxygens (including phenoxy) is 2. The van der Waals surface area contributed by atoms with Gasteiger partial charge in [-0.3, -0.25) is 0 Å².